The van der Waals surface area contributed by atoms with Crippen molar-refractivity contribution in [2.45, 2.75) is 50.6 Å². The molecule has 0 N–H and O–H groups in total. The normalized spacial score (nSPS) is 23.4. The standard InChI is InChI=1S/C26H26N4O/c27-15-18-1-3-22-13-24(7-5-20(22)11-18)29-9-10-30(26(31)17-29)25-8-6-21-12-19(16-28)2-4-23(21)14-25/h1-4,11-12,24-25H,5-10,13-14,17H2. The third kappa shape index (κ3) is 3.82. The summed E-state index contributed by atoms with van der Waals surface area (Å²) >= 11 is 0. The van der Waals surface area contributed by atoms with E-state index in [1.54, 1.807) is 0 Å². The van der Waals surface area contributed by atoms with Crippen LogP contribution < -0.4 is 0 Å². The van der Waals surface area contributed by atoms with Gasteiger partial charge in [0.05, 0.1) is 29.8 Å². The quantitative estimate of drug-likeness (QED) is 0.763. The number of piperazine rings is 1. The molecule has 156 valence electrons. The highest BCUT2D eigenvalue weighted by Crippen LogP contribution is 2.29. The van der Waals surface area contributed by atoms with E-state index < -0.39 is 0 Å². The zero-order valence-corrected chi connectivity index (χ0v) is 17.7. The molecule has 0 aromatic heterocycles. The van der Waals surface area contributed by atoms with Crippen LogP contribution in [0.25, 0.3) is 0 Å². The van der Waals surface area contributed by atoms with Gasteiger partial charge in [-0.05, 0) is 85.0 Å². The van der Waals surface area contributed by atoms with Crippen molar-refractivity contribution in [3.8, 4) is 12.1 Å². The van der Waals surface area contributed by atoms with E-state index in [0.717, 1.165) is 62.7 Å². The summed E-state index contributed by atoms with van der Waals surface area (Å²) in [6, 6.07) is 17.1. The van der Waals surface area contributed by atoms with Crippen molar-refractivity contribution < 1.29 is 4.79 Å². The van der Waals surface area contributed by atoms with Crippen molar-refractivity contribution in [1.82, 2.24) is 9.80 Å². The smallest absolute Gasteiger partial charge is 0.237 e. The lowest BCUT2D eigenvalue weighted by molar-refractivity contribution is -0.140. The lowest BCUT2D eigenvalue weighted by atomic mass is 9.85. The Morgan fingerprint density at radius 3 is 1.94 bits per heavy atom. The number of nitriles is 2. The molecule has 5 rings (SSSR count). The van der Waals surface area contributed by atoms with Crippen LogP contribution in [-0.4, -0.2) is 47.4 Å². The molecule has 0 spiro atoms. The van der Waals surface area contributed by atoms with Crippen LogP contribution in [0.3, 0.4) is 0 Å². The number of benzene rings is 2. The molecule has 1 aliphatic heterocycles. The van der Waals surface area contributed by atoms with Crippen LogP contribution >= 0.6 is 0 Å². The zero-order chi connectivity index (χ0) is 21.4. The maximum absolute atomic E-state index is 13.1. The molecule has 1 fully saturated rings. The van der Waals surface area contributed by atoms with Crippen LogP contribution in [0.4, 0.5) is 0 Å². The molecule has 2 aliphatic carbocycles. The maximum Gasteiger partial charge on any atom is 0.237 e. The second-order valence-corrected chi connectivity index (χ2v) is 9.04. The minimum atomic E-state index is 0.249. The van der Waals surface area contributed by atoms with E-state index in [-0.39, 0.29) is 11.9 Å². The van der Waals surface area contributed by atoms with E-state index in [2.05, 4.69) is 34.1 Å². The number of nitrogens with zero attached hydrogens (tertiary/aromatic N) is 4. The first kappa shape index (κ1) is 19.8. The van der Waals surface area contributed by atoms with Crippen LogP contribution in [-0.2, 0) is 30.5 Å². The zero-order valence-electron chi connectivity index (χ0n) is 17.7. The molecule has 0 bridgehead atoms. The van der Waals surface area contributed by atoms with Gasteiger partial charge in [-0.15, -0.1) is 0 Å². The van der Waals surface area contributed by atoms with E-state index in [0.29, 0.717) is 12.6 Å². The molecular formula is C26H26N4O. The first-order valence-corrected chi connectivity index (χ1v) is 11.2. The molecule has 0 saturated carbocycles. The fourth-order valence-electron chi connectivity index (χ4n) is 5.59. The number of carbonyl (C=O) groups is 1. The van der Waals surface area contributed by atoms with Crippen LogP contribution in [0.1, 0.15) is 46.2 Å². The number of amides is 1. The lowest BCUT2D eigenvalue weighted by Gasteiger charge is -2.44. The molecule has 2 aromatic carbocycles. The van der Waals surface area contributed by atoms with Gasteiger partial charge in [0, 0.05) is 25.2 Å². The Morgan fingerprint density at radius 1 is 0.774 bits per heavy atom. The molecule has 31 heavy (non-hydrogen) atoms. The third-order valence-corrected chi connectivity index (χ3v) is 7.32. The molecule has 0 radical (unpaired) electrons. The molecular weight excluding hydrogens is 384 g/mol. The van der Waals surface area contributed by atoms with Gasteiger partial charge in [0.25, 0.3) is 0 Å². The average Bonchev–Trinajstić information content (AvgIpc) is 2.82. The van der Waals surface area contributed by atoms with Gasteiger partial charge in [0.1, 0.15) is 0 Å². The number of rotatable bonds is 2. The second kappa shape index (κ2) is 8.17. The summed E-state index contributed by atoms with van der Waals surface area (Å²) in [4.78, 5) is 17.6. The number of hydrogen-bond donors (Lipinski definition) is 0. The number of fused-ring (bicyclic) bond motifs is 2. The highest BCUT2D eigenvalue weighted by molar-refractivity contribution is 5.79. The summed E-state index contributed by atoms with van der Waals surface area (Å²) in [6.45, 7) is 2.23. The predicted octanol–water partition coefficient (Wildman–Crippen LogP) is 2.99. The molecule has 5 nitrogen and oxygen atoms in total. The van der Waals surface area contributed by atoms with Crippen LogP contribution in [0.2, 0.25) is 0 Å². The maximum atomic E-state index is 13.1. The Hall–Kier alpha value is -3.15. The fraction of sp³-hybridized carbons (Fsp3) is 0.423. The Balaban J connectivity index is 1.22. The van der Waals surface area contributed by atoms with Crippen LogP contribution in [0.5, 0.6) is 0 Å². The Morgan fingerprint density at radius 2 is 1.35 bits per heavy atom. The van der Waals surface area contributed by atoms with E-state index in [1.807, 2.05) is 24.3 Å². The van der Waals surface area contributed by atoms with E-state index in [1.165, 1.54) is 22.3 Å². The second-order valence-electron chi connectivity index (χ2n) is 9.04. The molecule has 1 saturated heterocycles. The molecule has 2 unspecified atom stereocenters. The van der Waals surface area contributed by atoms with Crippen LogP contribution in [0, 0.1) is 22.7 Å². The molecule has 2 aromatic rings. The Kier molecular flexibility index (Phi) is 5.22. The van der Waals surface area contributed by atoms with Gasteiger partial charge >= 0.3 is 0 Å². The van der Waals surface area contributed by atoms with Crippen molar-refractivity contribution in [3.63, 3.8) is 0 Å². The summed E-state index contributed by atoms with van der Waals surface area (Å²) in [7, 11) is 0. The summed E-state index contributed by atoms with van der Waals surface area (Å²) in [6.07, 6.45) is 5.80. The fourth-order valence-corrected chi connectivity index (χ4v) is 5.59. The van der Waals surface area contributed by atoms with Crippen molar-refractivity contribution in [2.75, 3.05) is 19.6 Å². The highest BCUT2D eigenvalue weighted by Gasteiger charge is 2.35. The highest BCUT2D eigenvalue weighted by atomic mass is 16.2. The average molecular weight is 411 g/mol. The summed E-state index contributed by atoms with van der Waals surface area (Å²) in [5.74, 6) is 0.249. The SMILES string of the molecule is N#Cc1ccc2c(c1)CCC(N1CCN(C3CCc4cc(C#N)ccc4C3)C(=O)C1)C2. The van der Waals surface area contributed by atoms with Gasteiger partial charge in [0.15, 0.2) is 0 Å². The monoisotopic (exact) mass is 410 g/mol. The molecule has 1 heterocycles. The van der Waals surface area contributed by atoms with Gasteiger partial charge in [0.2, 0.25) is 5.91 Å². The number of aryl methyl sites for hydroxylation is 2. The largest absolute Gasteiger partial charge is 0.337 e. The molecule has 1 amide bonds. The van der Waals surface area contributed by atoms with Crippen molar-refractivity contribution in [1.29, 1.82) is 10.5 Å². The van der Waals surface area contributed by atoms with E-state index in [9.17, 15) is 4.79 Å². The van der Waals surface area contributed by atoms with Gasteiger partial charge < -0.3 is 4.90 Å². The van der Waals surface area contributed by atoms with Crippen molar-refractivity contribution in [3.05, 3.63) is 69.8 Å². The summed E-state index contributed by atoms with van der Waals surface area (Å²) in [5, 5.41) is 18.2. The number of carbonyl (C=O) groups excluding carboxylic acids is 1. The van der Waals surface area contributed by atoms with Crippen LogP contribution in [0.15, 0.2) is 36.4 Å². The molecule has 2 atom stereocenters. The molecule has 5 heteroatoms. The van der Waals surface area contributed by atoms with E-state index in [4.69, 9.17) is 10.5 Å². The van der Waals surface area contributed by atoms with Gasteiger partial charge in [-0.2, -0.15) is 10.5 Å². The van der Waals surface area contributed by atoms with Gasteiger partial charge in [-0.1, -0.05) is 12.1 Å². The summed E-state index contributed by atoms with van der Waals surface area (Å²) < 4.78 is 0. The van der Waals surface area contributed by atoms with Crippen molar-refractivity contribution >= 4 is 5.91 Å². The van der Waals surface area contributed by atoms with E-state index >= 15 is 0 Å². The van der Waals surface area contributed by atoms with Crippen molar-refractivity contribution in [2.24, 2.45) is 0 Å². The lowest BCUT2D eigenvalue weighted by Crippen LogP contribution is -2.58. The summed E-state index contributed by atoms with van der Waals surface area (Å²) in [5.41, 5.74) is 6.62. The van der Waals surface area contributed by atoms with Gasteiger partial charge in [-0.25, -0.2) is 0 Å². The molecule has 3 aliphatic rings. The van der Waals surface area contributed by atoms with Gasteiger partial charge in [-0.3, -0.25) is 9.69 Å². The third-order valence-electron chi connectivity index (χ3n) is 7.32. The first-order chi connectivity index (χ1) is 15.1. The minimum absolute atomic E-state index is 0.249. The topological polar surface area (TPSA) is 71.1 Å². The minimum Gasteiger partial charge on any atom is -0.337 e. The predicted molar refractivity (Wildman–Crippen MR) is 117 cm³/mol. The number of hydrogen-bond acceptors (Lipinski definition) is 4. The first-order valence-electron chi connectivity index (χ1n) is 11.2. The Bertz CT molecular complexity index is 1110. The Labute approximate surface area is 183 Å².